The molecule has 0 aromatic heterocycles. The molecule has 0 spiro atoms. The van der Waals surface area contributed by atoms with E-state index in [1.807, 2.05) is 30.3 Å². The quantitative estimate of drug-likeness (QED) is 0.525. The number of rotatable bonds is 7. The molecular weight excluding hydrogens is 482 g/mol. The fraction of sp³-hybridized carbons (Fsp3) is 0.231. The van der Waals surface area contributed by atoms with Crippen molar-refractivity contribution in [3.8, 4) is 11.5 Å². The Labute approximate surface area is 210 Å². The number of fused-ring (bicyclic) bond motifs is 1. The molecular formula is C26H27N3O6S. The molecule has 0 fully saturated rings. The number of hydrogen-bond acceptors (Lipinski definition) is 6. The predicted octanol–water partition coefficient (Wildman–Crippen LogP) is 2.67. The van der Waals surface area contributed by atoms with Crippen molar-refractivity contribution in [2.24, 2.45) is 0 Å². The maximum Gasteiger partial charge on any atom is 0.263 e. The lowest BCUT2D eigenvalue weighted by molar-refractivity contribution is -0.128. The number of nitrogens with one attached hydrogen (secondary N) is 1. The summed E-state index contributed by atoms with van der Waals surface area (Å²) in [5, 5.41) is 2.85. The van der Waals surface area contributed by atoms with Crippen LogP contribution in [0.1, 0.15) is 15.9 Å². The first-order valence-corrected chi connectivity index (χ1v) is 12.7. The molecule has 1 N–H and O–H groups in total. The standard InChI is InChI=1S/C26H27N3O6S/c1-28(2)36(32,33)24-15-19(13-14-22(24)34-3)26(31)29-17-23(35-21-12-8-7-11-20(21)29)25(30)27-16-18-9-5-4-6-10-18/h4-15,23H,16-17H2,1-3H3,(H,27,30)/t23-/m1/s1. The number of carbonyl (C=O) groups is 2. The van der Waals surface area contributed by atoms with E-state index >= 15 is 0 Å². The third-order valence-electron chi connectivity index (χ3n) is 5.79. The van der Waals surface area contributed by atoms with Gasteiger partial charge in [0.25, 0.3) is 11.8 Å². The first-order valence-electron chi connectivity index (χ1n) is 11.2. The molecule has 0 bridgehead atoms. The predicted molar refractivity (Wildman–Crippen MR) is 135 cm³/mol. The molecule has 4 rings (SSSR count). The van der Waals surface area contributed by atoms with Gasteiger partial charge < -0.3 is 19.7 Å². The molecule has 188 valence electrons. The number of anilines is 1. The van der Waals surface area contributed by atoms with Gasteiger partial charge in [-0.25, -0.2) is 12.7 Å². The van der Waals surface area contributed by atoms with Crippen LogP contribution in [0.15, 0.2) is 77.7 Å². The van der Waals surface area contributed by atoms with Crippen molar-refractivity contribution in [1.29, 1.82) is 0 Å². The zero-order valence-corrected chi connectivity index (χ0v) is 21.0. The van der Waals surface area contributed by atoms with Crippen molar-refractivity contribution in [2.75, 3.05) is 32.6 Å². The number of hydrogen-bond donors (Lipinski definition) is 1. The monoisotopic (exact) mass is 509 g/mol. The number of nitrogens with zero attached hydrogens (tertiary/aromatic N) is 2. The van der Waals surface area contributed by atoms with Gasteiger partial charge in [0.2, 0.25) is 10.0 Å². The van der Waals surface area contributed by atoms with Crippen LogP contribution in [0.3, 0.4) is 0 Å². The highest BCUT2D eigenvalue weighted by molar-refractivity contribution is 7.89. The Bertz CT molecular complexity index is 1380. The molecule has 0 aliphatic carbocycles. The molecule has 0 saturated carbocycles. The topological polar surface area (TPSA) is 105 Å². The SMILES string of the molecule is COc1ccc(C(=O)N2C[C@H](C(=O)NCc3ccccc3)Oc3ccccc32)cc1S(=O)(=O)N(C)C. The second kappa shape index (κ2) is 10.4. The van der Waals surface area contributed by atoms with E-state index in [-0.39, 0.29) is 28.7 Å². The van der Waals surface area contributed by atoms with Gasteiger partial charge in [-0.1, -0.05) is 42.5 Å². The van der Waals surface area contributed by atoms with Gasteiger partial charge in [0.05, 0.1) is 19.3 Å². The minimum Gasteiger partial charge on any atom is -0.495 e. The van der Waals surface area contributed by atoms with Crippen molar-refractivity contribution >= 4 is 27.5 Å². The highest BCUT2D eigenvalue weighted by Crippen LogP contribution is 2.35. The van der Waals surface area contributed by atoms with Crippen LogP contribution >= 0.6 is 0 Å². The molecule has 36 heavy (non-hydrogen) atoms. The van der Waals surface area contributed by atoms with Gasteiger partial charge in [0, 0.05) is 26.2 Å². The Morgan fingerprint density at radius 2 is 1.75 bits per heavy atom. The molecule has 0 unspecified atom stereocenters. The molecule has 9 nitrogen and oxygen atoms in total. The Kier molecular flexibility index (Phi) is 7.27. The summed E-state index contributed by atoms with van der Waals surface area (Å²) in [6.45, 7) is 0.275. The van der Waals surface area contributed by atoms with Crippen LogP contribution in [0.2, 0.25) is 0 Å². The first-order chi connectivity index (χ1) is 17.2. The summed E-state index contributed by atoms with van der Waals surface area (Å²) < 4.78 is 37.9. The molecule has 3 aromatic rings. The fourth-order valence-corrected chi connectivity index (χ4v) is 4.90. The Hall–Kier alpha value is -3.89. The largest absolute Gasteiger partial charge is 0.495 e. The zero-order chi connectivity index (χ0) is 25.9. The van der Waals surface area contributed by atoms with Crippen molar-refractivity contribution in [2.45, 2.75) is 17.5 Å². The average molecular weight is 510 g/mol. The molecule has 1 atom stereocenters. The van der Waals surface area contributed by atoms with Crippen molar-refractivity contribution in [1.82, 2.24) is 9.62 Å². The van der Waals surface area contributed by atoms with Crippen molar-refractivity contribution < 1.29 is 27.5 Å². The lowest BCUT2D eigenvalue weighted by Gasteiger charge is -2.34. The van der Waals surface area contributed by atoms with Gasteiger partial charge in [-0.15, -0.1) is 0 Å². The third-order valence-corrected chi connectivity index (χ3v) is 7.63. The van der Waals surface area contributed by atoms with E-state index in [2.05, 4.69) is 5.32 Å². The van der Waals surface area contributed by atoms with Gasteiger partial charge in [-0.05, 0) is 35.9 Å². The Balaban J connectivity index is 1.63. The number of methoxy groups -OCH3 is 1. The first kappa shape index (κ1) is 25.2. The Morgan fingerprint density at radius 1 is 1.06 bits per heavy atom. The van der Waals surface area contributed by atoms with Gasteiger partial charge in [-0.3, -0.25) is 9.59 Å². The lowest BCUT2D eigenvalue weighted by atomic mass is 10.1. The second-order valence-electron chi connectivity index (χ2n) is 8.35. The van der Waals surface area contributed by atoms with E-state index in [1.165, 1.54) is 44.3 Å². The van der Waals surface area contributed by atoms with Crippen LogP contribution in [0.5, 0.6) is 11.5 Å². The zero-order valence-electron chi connectivity index (χ0n) is 20.2. The van der Waals surface area contributed by atoms with E-state index in [9.17, 15) is 18.0 Å². The number of ether oxygens (including phenoxy) is 2. The number of amides is 2. The summed E-state index contributed by atoms with van der Waals surface area (Å²) in [6, 6.07) is 20.6. The maximum atomic E-state index is 13.6. The van der Waals surface area contributed by atoms with E-state index < -0.39 is 22.0 Å². The summed E-state index contributed by atoms with van der Waals surface area (Å²) in [7, 11) is 0.293. The lowest BCUT2D eigenvalue weighted by Crippen LogP contribution is -2.50. The van der Waals surface area contributed by atoms with Crippen LogP contribution in [0.25, 0.3) is 0 Å². The summed E-state index contributed by atoms with van der Waals surface area (Å²) in [6.07, 6.45) is -0.948. The molecule has 1 heterocycles. The highest BCUT2D eigenvalue weighted by Gasteiger charge is 2.35. The number of para-hydroxylation sites is 2. The fourth-order valence-electron chi connectivity index (χ4n) is 3.83. The number of sulfonamides is 1. The second-order valence-corrected chi connectivity index (χ2v) is 10.5. The molecule has 3 aromatic carbocycles. The van der Waals surface area contributed by atoms with Crippen molar-refractivity contribution in [3.63, 3.8) is 0 Å². The summed E-state index contributed by atoms with van der Waals surface area (Å²) in [4.78, 5) is 27.9. The summed E-state index contributed by atoms with van der Waals surface area (Å²) >= 11 is 0. The molecule has 0 saturated heterocycles. The molecule has 10 heteroatoms. The number of carbonyl (C=O) groups excluding carboxylic acids is 2. The van der Waals surface area contributed by atoms with E-state index in [4.69, 9.17) is 9.47 Å². The van der Waals surface area contributed by atoms with Crippen LogP contribution in [0, 0.1) is 0 Å². The maximum absolute atomic E-state index is 13.6. The molecule has 0 radical (unpaired) electrons. The van der Waals surface area contributed by atoms with Crippen LogP contribution in [-0.4, -0.2) is 58.4 Å². The van der Waals surface area contributed by atoms with Gasteiger partial charge >= 0.3 is 0 Å². The average Bonchev–Trinajstić information content (AvgIpc) is 2.90. The van der Waals surface area contributed by atoms with Gasteiger partial charge in [0.15, 0.2) is 6.10 Å². The minimum atomic E-state index is -3.88. The minimum absolute atomic E-state index is 0.0434. The van der Waals surface area contributed by atoms with Crippen LogP contribution < -0.4 is 19.7 Å². The van der Waals surface area contributed by atoms with E-state index in [0.717, 1.165) is 9.87 Å². The van der Waals surface area contributed by atoms with Crippen LogP contribution in [-0.2, 0) is 21.4 Å². The smallest absolute Gasteiger partial charge is 0.263 e. The van der Waals surface area contributed by atoms with Gasteiger partial charge in [-0.2, -0.15) is 0 Å². The van der Waals surface area contributed by atoms with Crippen molar-refractivity contribution in [3.05, 3.63) is 83.9 Å². The molecule has 1 aliphatic heterocycles. The summed E-state index contributed by atoms with van der Waals surface area (Å²) in [5.74, 6) is -0.325. The molecule has 1 aliphatic rings. The normalized spacial score (nSPS) is 15.1. The van der Waals surface area contributed by atoms with Crippen LogP contribution in [0.4, 0.5) is 5.69 Å². The summed E-state index contributed by atoms with van der Waals surface area (Å²) in [5.41, 5.74) is 1.56. The Morgan fingerprint density at radius 3 is 2.44 bits per heavy atom. The van der Waals surface area contributed by atoms with Gasteiger partial charge in [0.1, 0.15) is 16.4 Å². The highest BCUT2D eigenvalue weighted by atomic mass is 32.2. The molecule has 2 amide bonds. The third kappa shape index (κ3) is 5.05. The number of benzene rings is 3. The van der Waals surface area contributed by atoms with E-state index in [0.29, 0.717) is 18.0 Å². The van der Waals surface area contributed by atoms with E-state index in [1.54, 1.807) is 24.3 Å².